The van der Waals surface area contributed by atoms with E-state index in [4.69, 9.17) is 0 Å². The van der Waals surface area contributed by atoms with Gasteiger partial charge in [-0.1, -0.05) is 13.8 Å². The second kappa shape index (κ2) is 4.97. The topological polar surface area (TPSA) is 16.1 Å². The third-order valence-electron chi connectivity index (χ3n) is 2.55. The molecule has 0 saturated heterocycles. The minimum atomic E-state index is 0.498. The minimum Gasteiger partial charge on any atom is -0.297 e. The third-order valence-corrected chi connectivity index (χ3v) is 2.55. The van der Waals surface area contributed by atoms with Crippen LogP contribution in [0.1, 0.15) is 32.4 Å². The number of hydrogen-bond donors (Lipinski definition) is 0. The highest BCUT2D eigenvalue weighted by Crippen LogP contribution is 2.17. The number of pyridine rings is 1. The van der Waals surface area contributed by atoms with Crippen LogP contribution in [0.25, 0.3) is 0 Å². The van der Waals surface area contributed by atoms with Gasteiger partial charge in [0.15, 0.2) is 0 Å². The predicted octanol–water partition coefficient (Wildman–Crippen LogP) is 2.48. The second-order valence-corrected chi connectivity index (χ2v) is 3.18. The maximum absolute atomic E-state index is 4.02. The van der Waals surface area contributed by atoms with E-state index in [1.54, 1.807) is 0 Å². The average molecular weight is 178 g/mol. The van der Waals surface area contributed by atoms with Crippen molar-refractivity contribution in [1.82, 2.24) is 9.88 Å². The normalized spacial score (nSPS) is 13.2. The van der Waals surface area contributed by atoms with E-state index in [0.29, 0.717) is 6.04 Å². The Kier molecular flexibility index (Phi) is 3.90. The summed E-state index contributed by atoms with van der Waals surface area (Å²) in [6, 6.07) is 4.67. The van der Waals surface area contributed by atoms with Gasteiger partial charge in [0.25, 0.3) is 0 Å². The molecule has 72 valence electrons. The highest BCUT2D eigenvalue weighted by Gasteiger charge is 2.10. The van der Waals surface area contributed by atoms with Crippen LogP contribution in [-0.2, 0) is 0 Å². The lowest BCUT2D eigenvalue weighted by atomic mass is 10.1. The van der Waals surface area contributed by atoms with Crippen LogP contribution in [0.15, 0.2) is 24.5 Å². The van der Waals surface area contributed by atoms with Crippen molar-refractivity contribution < 1.29 is 0 Å². The fourth-order valence-corrected chi connectivity index (χ4v) is 1.62. The first-order chi connectivity index (χ1) is 6.29. The Balaban J connectivity index is 2.72. The van der Waals surface area contributed by atoms with Crippen LogP contribution < -0.4 is 0 Å². The lowest BCUT2D eigenvalue weighted by molar-refractivity contribution is 0.234. The first-order valence-electron chi connectivity index (χ1n) is 4.93. The number of nitrogens with zero attached hydrogens (tertiary/aromatic N) is 2. The van der Waals surface area contributed by atoms with Crippen LogP contribution in [0.4, 0.5) is 0 Å². The molecule has 0 radical (unpaired) electrons. The molecule has 2 nitrogen and oxygen atoms in total. The molecule has 0 fully saturated rings. The van der Waals surface area contributed by atoms with Crippen LogP contribution in [0.3, 0.4) is 0 Å². The fraction of sp³-hybridized carbons (Fsp3) is 0.545. The Hall–Kier alpha value is -0.890. The van der Waals surface area contributed by atoms with Crippen LogP contribution in [0, 0.1) is 0 Å². The van der Waals surface area contributed by atoms with E-state index in [0.717, 1.165) is 13.1 Å². The highest BCUT2D eigenvalue weighted by atomic mass is 15.1. The van der Waals surface area contributed by atoms with Crippen LogP contribution in [0.5, 0.6) is 0 Å². The maximum Gasteiger partial charge on any atom is 0.0320 e. The molecule has 0 aliphatic carbocycles. The molecule has 0 bridgehead atoms. The smallest absolute Gasteiger partial charge is 0.0320 e. The van der Waals surface area contributed by atoms with Gasteiger partial charge in [0, 0.05) is 18.4 Å². The van der Waals surface area contributed by atoms with Crippen molar-refractivity contribution in [3.63, 3.8) is 0 Å². The van der Waals surface area contributed by atoms with E-state index in [2.05, 4.69) is 42.8 Å². The molecule has 1 atom stereocenters. The molecule has 13 heavy (non-hydrogen) atoms. The summed E-state index contributed by atoms with van der Waals surface area (Å²) in [6.45, 7) is 8.82. The Morgan fingerprint density at radius 3 is 2.23 bits per heavy atom. The quantitative estimate of drug-likeness (QED) is 0.704. The first kappa shape index (κ1) is 10.2. The summed E-state index contributed by atoms with van der Waals surface area (Å²) in [5.41, 5.74) is 1.35. The minimum absolute atomic E-state index is 0.498. The molecule has 0 aliphatic rings. The Morgan fingerprint density at radius 1 is 1.23 bits per heavy atom. The molecule has 0 aromatic carbocycles. The Labute approximate surface area is 80.6 Å². The van der Waals surface area contributed by atoms with Gasteiger partial charge in [-0.25, -0.2) is 0 Å². The molecule has 1 aromatic rings. The summed E-state index contributed by atoms with van der Waals surface area (Å²) in [6.07, 6.45) is 3.71. The van der Waals surface area contributed by atoms with Crippen molar-refractivity contribution in [1.29, 1.82) is 0 Å². The van der Waals surface area contributed by atoms with Crippen molar-refractivity contribution in [3.05, 3.63) is 30.1 Å². The number of rotatable bonds is 4. The summed E-state index contributed by atoms with van der Waals surface area (Å²) in [5, 5.41) is 0. The number of hydrogen-bond acceptors (Lipinski definition) is 2. The van der Waals surface area contributed by atoms with Gasteiger partial charge in [-0.3, -0.25) is 9.88 Å². The average Bonchev–Trinajstić information content (AvgIpc) is 2.21. The SMILES string of the molecule is CCN(CC)C(C)c1ccncc1. The summed E-state index contributed by atoms with van der Waals surface area (Å²) in [7, 11) is 0. The van der Waals surface area contributed by atoms with Gasteiger partial charge in [-0.2, -0.15) is 0 Å². The lowest BCUT2D eigenvalue weighted by Gasteiger charge is -2.26. The van der Waals surface area contributed by atoms with E-state index in [-0.39, 0.29) is 0 Å². The number of aromatic nitrogens is 1. The fourth-order valence-electron chi connectivity index (χ4n) is 1.62. The molecule has 0 aliphatic heterocycles. The third kappa shape index (κ3) is 2.52. The summed E-state index contributed by atoms with van der Waals surface area (Å²) >= 11 is 0. The van der Waals surface area contributed by atoms with E-state index in [9.17, 15) is 0 Å². The summed E-state index contributed by atoms with van der Waals surface area (Å²) in [4.78, 5) is 6.45. The predicted molar refractivity (Wildman–Crippen MR) is 55.6 cm³/mol. The van der Waals surface area contributed by atoms with Gasteiger partial charge in [0.05, 0.1) is 0 Å². The van der Waals surface area contributed by atoms with E-state index in [1.165, 1.54) is 5.56 Å². The Bertz CT molecular complexity index is 229. The van der Waals surface area contributed by atoms with Crippen LogP contribution in [0.2, 0.25) is 0 Å². The molecule has 0 spiro atoms. The zero-order valence-corrected chi connectivity index (χ0v) is 8.70. The summed E-state index contributed by atoms with van der Waals surface area (Å²) in [5.74, 6) is 0. The standard InChI is InChI=1S/C11H18N2/c1-4-13(5-2)10(3)11-6-8-12-9-7-11/h6-10H,4-5H2,1-3H3. The van der Waals surface area contributed by atoms with E-state index < -0.39 is 0 Å². The van der Waals surface area contributed by atoms with Crippen molar-refractivity contribution in [2.75, 3.05) is 13.1 Å². The van der Waals surface area contributed by atoms with Crippen LogP contribution in [-0.4, -0.2) is 23.0 Å². The zero-order chi connectivity index (χ0) is 9.68. The molecule has 1 rings (SSSR count). The zero-order valence-electron chi connectivity index (χ0n) is 8.70. The van der Waals surface area contributed by atoms with Gasteiger partial charge in [-0.15, -0.1) is 0 Å². The van der Waals surface area contributed by atoms with Crippen molar-refractivity contribution in [3.8, 4) is 0 Å². The van der Waals surface area contributed by atoms with Crippen molar-refractivity contribution in [2.24, 2.45) is 0 Å². The molecular formula is C11H18N2. The van der Waals surface area contributed by atoms with E-state index in [1.807, 2.05) is 12.4 Å². The maximum atomic E-state index is 4.02. The van der Waals surface area contributed by atoms with Gasteiger partial charge >= 0.3 is 0 Å². The second-order valence-electron chi connectivity index (χ2n) is 3.18. The van der Waals surface area contributed by atoms with Gasteiger partial charge in [-0.05, 0) is 37.7 Å². The van der Waals surface area contributed by atoms with Gasteiger partial charge in [0.2, 0.25) is 0 Å². The molecular weight excluding hydrogens is 160 g/mol. The monoisotopic (exact) mass is 178 g/mol. The molecule has 1 aromatic heterocycles. The molecule has 0 saturated carbocycles. The highest BCUT2D eigenvalue weighted by molar-refractivity contribution is 5.14. The molecule has 1 unspecified atom stereocenters. The van der Waals surface area contributed by atoms with Gasteiger partial charge in [0.1, 0.15) is 0 Å². The van der Waals surface area contributed by atoms with E-state index >= 15 is 0 Å². The largest absolute Gasteiger partial charge is 0.297 e. The molecule has 0 amide bonds. The van der Waals surface area contributed by atoms with Crippen molar-refractivity contribution >= 4 is 0 Å². The molecule has 0 N–H and O–H groups in total. The first-order valence-corrected chi connectivity index (χ1v) is 4.93. The molecule has 2 heteroatoms. The lowest BCUT2D eigenvalue weighted by Crippen LogP contribution is -2.26. The Morgan fingerprint density at radius 2 is 1.77 bits per heavy atom. The molecule has 1 heterocycles. The van der Waals surface area contributed by atoms with Crippen LogP contribution >= 0.6 is 0 Å². The summed E-state index contributed by atoms with van der Waals surface area (Å²) < 4.78 is 0. The van der Waals surface area contributed by atoms with Crippen molar-refractivity contribution in [2.45, 2.75) is 26.8 Å². The van der Waals surface area contributed by atoms with Gasteiger partial charge < -0.3 is 0 Å².